The number of halogens is 1. The van der Waals surface area contributed by atoms with E-state index >= 15 is 0 Å². The lowest BCUT2D eigenvalue weighted by Gasteiger charge is -2.06. The Kier molecular flexibility index (Phi) is 6.57. The molecule has 7 nitrogen and oxygen atoms in total. The van der Waals surface area contributed by atoms with Crippen LogP contribution < -0.4 is 9.47 Å². The maximum absolute atomic E-state index is 11.6. The number of ether oxygens (including phenoxy) is 2. The highest BCUT2D eigenvalue weighted by atomic mass is 127. The zero-order valence-corrected chi connectivity index (χ0v) is 17.9. The van der Waals surface area contributed by atoms with Crippen molar-refractivity contribution in [2.24, 2.45) is 0 Å². The summed E-state index contributed by atoms with van der Waals surface area (Å²) >= 11 is 3.16. The molecule has 0 aliphatic carbocycles. The molecule has 1 aromatic heterocycles. The van der Waals surface area contributed by atoms with Gasteiger partial charge in [0, 0.05) is 15.2 Å². The molecule has 0 saturated carbocycles. The molecule has 0 radical (unpaired) electrons. The van der Waals surface area contributed by atoms with Crippen molar-refractivity contribution < 1.29 is 19.4 Å². The van der Waals surface area contributed by atoms with Crippen LogP contribution in [0.15, 0.2) is 52.5 Å². The van der Waals surface area contributed by atoms with E-state index in [4.69, 9.17) is 9.47 Å². The van der Waals surface area contributed by atoms with E-state index < -0.39 is 5.97 Å². The van der Waals surface area contributed by atoms with Crippen molar-refractivity contribution in [3.63, 3.8) is 0 Å². The zero-order chi connectivity index (χ0) is 20.1. The molecular weight excluding hydrogens is 493 g/mol. The molecular formula is C19H16IN3O4S. The van der Waals surface area contributed by atoms with Crippen LogP contribution in [-0.4, -0.2) is 40.5 Å². The molecule has 0 amide bonds. The van der Waals surface area contributed by atoms with Gasteiger partial charge in [-0.1, -0.05) is 12.1 Å². The van der Waals surface area contributed by atoms with Crippen molar-refractivity contribution in [1.82, 2.24) is 15.2 Å². The van der Waals surface area contributed by atoms with E-state index in [9.17, 15) is 9.90 Å². The number of aromatic amines is 1. The van der Waals surface area contributed by atoms with Crippen LogP contribution in [0.5, 0.6) is 11.5 Å². The Morgan fingerprint density at radius 1 is 1.18 bits per heavy atom. The summed E-state index contributed by atoms with van der Waals surface area (Å²) in [7, 11) is 3.13. The third-order valence-electron chi connectivity index (χ3n) is 3.65. The number of nitrogens with one attached hydrogen (secondary N) is 1. The number of carbonyl (C=O) groups is 1. The first-order valence-electron chi connectivity index (χ1n) is 8.02. The van der Waals surface area contributed by atoms with Crippen LogP contribution in [0.25, 0.3) is 17.5 Å². The summed E-state index contributed by atoms with van der Waals surface area (Å²) in [6.07, 6.45) is 1.60. The van der Waals surface area contributed by atoms with Gasteiger partial charge in [0.15, 0.2) is 5.82 Å². The largest absolute Gasteiger partial charge is 0.497 e. The average molecular weight is 509 g/mol. The van der Waals surface area contributed by atoms with Gasteiger partial charge in [0.25, 0.3) is 0 Å². The van der Waals surface area contributed by atoms with Crippen molar-refractivity contribution in [1.29, 1.82) is 0 Å². The molecule has 0 aliphatic heterocycles. The molecule has 144 valence electrons. The van der Waals surface area contributed by atoms with E-state index in [-0.39, 0.29) is 4.91 Å². The molecule has 9 heteroatoms. The number of hydrogen-bond donors (Lipinski definition) is 2. The summed E-state index contributed by atoms with van der Waals surface area (Å²) in [6, 6.07) is 12.9. The third-order valence-corrected chi connectivity index (χ3v) is 5.20. The van der Waals surface area contributed by atoms with Gasteiger partial charge in [-0.3, -0.25) is 5.10 Å². The topological polar surface area (TPSA) is 97.3 Å². The number of aromatic nitrogens is 3. The number of H-pyrrole nitrogens is 1. The average Bonchev–Trinajstić information content (AvgIpc) is 3.15. The minimum absolute atomic E-state index is 0.121. The number of benzene rings is 2. The van der Waals surface area contributed by atoms with Gasteiger partial charge in [-0.15, -0.1) is 5.10 Å². The summed E-state index contributed by atoms with van der Waals surface area (Å²) in [4.78, 5) is 16.2. The van der Waals surface area contributed by atoms with Crippen molar-refractivity contribution in [2.75, 3.05) is 14.2 Å². The first kappa shape index (κ1) is 20.2. The van der Waals surface area contributed by atoms with Crippen LogP contribution >= 0.6 is 34.4 Å². The van der Waals surface area contributed by atoms with Crippen LogP contribution in [0.1, 0.15) is 5.56 Å². The molecule has 0 unspecified atom stereocenters. The summed E-state index contributed by atoms with van der Waals surface area (Å²) in [5, 5.41) is 16.8. The molecule has 0 saturated heterocycles. The highest BCUT2D eigenvalue weighted by Gasteiger charge is 2.15. The predicted octanol–water partition coefficient (Wildman–Crippen LogP) is 4.31. The van der Waals surface area contributed by atoms with Gasteiger partial charge < -0.3 is 14.6 Å². The summed E-state index contributed by atoms with van der Waals surface area (Å²) < 4.78 is 11.5. The Morgan fingerprint density at radius 3 is 2.50 bits per heavy atom. The number of rotatable bonds is 7. The van der Waals surface area contributed by atoms with Gasteiger partial charge in [0.2, 0.25) is 5.16 Å². The monoisotopic (exact) mass is 509 g/mol. The lowest BCUT2D eigenvalue weighted by Crippen LogP contribution is -1.97. The fraction of sp³-hybridized carbons (Fsp3) is 0.105. The Balaban J connectivity index is 1.88. The van der Waals surface area contributed by atoms with Gasteiger partial charge in [0.05, 0.1) is 14.2 Å². The van der Waals surface area contributed by atoms with Crippen LogP contribution in [0.4, 0.5) is 0 Å². The van der Waals surface area contributed by atoms with Gasteiger partial charge >= 0.3 is 5.97 Å². The SMILES string of the molecule is COc1cc(OC)cc(-c2nc(S/C(=C\c3cccc(I)c3)C(=O)O)n[nH]2)c1. The van der Waals surface area contributed by atoms with Crippen molar-refractivity contribution >= 4 is 46.4 Å². The standard InChI is InChI=1S/C19H16IN3O4S/c1-26-14-8-12(9-15(10-14)27-2)17-21-19(23-22-17)28-16(18(24)25)7-11-4-3-5-13(20)6-11/h3-10H,1-2H3,(H,24,25)(H,21,22,23)/b16-7-. The number of carboxylic acids is 1. The highest BCUT2D eigenvalue weighted by molar-refractivity contribution is 14.1. The summed E-state index contributed by atoms with van der Waals surface area (Å²) in [5.41, 5.74) is 1.51. The van der Waals surface area contributed by atoms with Gasteiger partial charge in [-0.05, 0) is 70.3 Å². The summed E-state index contributed by atoms with van der Waals surface area (Å²) in [5.74, 6) is 0.673. The third kappa shape index (κ3) is 5.04. The second kappa shape index (κ2) is 9.11. The number of thioether (sulfide) groups is 1. The number of carboxylic acid groups (broad SMARTS) is 1. The van der Waals surface area contributed by atoms with Crippen molar-refractivity contribution in [3.8, 4) is 22.9 Å². The first-order valence-corrected chi connectivity index (χ1v) is 9.92. The Labute approximate surface area is 179 Å². The van der Waals surface area contributed by atoms with E-state index in [0.29, 0.717) is 28.0 Å². The lowest BCUT2D eigenvalue weighted by molar-refractivity contribution is -0.131. The van der Waals surface area contributed by atoms with Crippen LogP contribution in [0.3, 0.4) is 0 Å². The molecule has 28 heavy (non-hydrogen) atoms. The van der Waals surface area contributed by atoms with Gasteiger partial charge in [-0.2, -0.15) is 0 Å². The smallest absolute Gasteiger partial charge is 0.342 e. The van der Waals surface area contributed by atoms with Gasteiger partial charge in [-0.25, -0.2) is 9.78 Å². The van der Waals surface area contributed by atoms with Crippen molar-refractivity contribution in [2.45, 2.75) is 5.16 Å². The molecule has 0 atom stereocenters. The van der Waals surface area contributed by atoms with Gasteiger partial charge in [0.1, 0.15) is 16.4 Å². The zero-order valence-electron chi connectivity index (χ0n) is 15.0. The molecule has 0 fully saturated rings. The van der Waals surface area contributed by atoms with E-state index in [2.05, 4.69) is 37.8 Å². The maximum Gasteiger partial charge on any atom is 0.342 e. The van der Waals surface area contributed by atoms with Crippen LogP contribution in [0.2, 0.25) is 0 Å². The Bertz CT molecular complexity index is 1010. The van der Waals surface area contributed by atoms with E-state index in [0.717, 1.165) is 20.9 Å². The Morgan fingerprint density at radius 2 is 1.89 bits per heavy atom. The highest BCUT2D eigenvalue weighted by Crippen LogP contribution is 2.31. The molecule has 0 aliphatic rings. The predicted molar refractivity (Wildman–Crippen MR) is 116 cm³/mol. The Hall–Kier alpha value is -2.53. The van der Waals surface area contributed by atoms with Crippen LogP contribution in [0, 0.1) is 3.57 Å². The lowest BCUT2D eigenvalue weighted by atomic mass is 10.2. The van der Waals surface area contributed by atoms with E-state index in [1.165, 1.54) is 0 Å². The molecule has 3 aromatic rings. The van der Waals surface area contributed by atoms with E-state index in [1.807, 2.05) is 24.3 Å². The molecule has 2 N–H and O–H groups in total. The molecule has 0 spiro atoms. The number of methoxy groups -OCH3 is 2. The fourth-order valence-electron chi connectivity index (χ4n) is 2.35. The quantitative estimate of drug-likeness (QED) is 0.278. The molecule has 2 aromatic carbocycles. The van der Waals surface area contributed by atoms with Crippen molar-refractivity contribution in [3.05, 3.63) is 56.5 Å². The molecule has 1 heterocycles. The minimum Gasteiger partial charge on any atom is -0.497 e. The summed E-state index contributed by atoms with van der Waals surface area (Å²) in [6.45, 7) is 0. The maximum atomic E-state index is 11.6. The first-order chi connectivity index (χ1) is 13.5. The molecule has 0 bridgehead atoms. The van der Waals surface area contributed by atoms with E-state index in [1.54, 1.807) is 38.5 Å². The van der Waals surface area contributed by atoms with Crippen LogP contribution in [-0.2, 0) is 4.79 Å². The normalized spacial score (nSPS) is 11.3. The second-order valence-electron chi connectivity index (χ2n) is 5.54. The molecule has 3 rings (SSSR count). The minimum atomic E-state index is -1.04. The number of nitrogens with zero attached hydrogens (tertiary/aromatic N) is 2. The number of hydrogen-bond acceptors (Lipinski definition) is 6. The fourth-order valence-corrected chi connectivity index (χ4v) is 3.62. The second-order valence-corrected chi connectivity index (χ2v) is 7.79. The number of aliphatic carboxylic acids is 1.